The molecule has 0 fully saturated rings. The number of benzene rings is 1. The quantitative estimate of drug-likeness (QED) is 0.702. The van der Waals surface area contributed by atoms with Crippen molar-refractivity contribution in [3.8, 4) is 0 Å². The van der Waals surface area contributed by atoms with Crippen LogP contribution < -0.4 is 10.6 Å². The molecule has 0 spiro atoms. The fraction of sp³-hybridized carbons (Fsp3) is 0.500. The first kappa shape index (κ1) is 13.7. The van der Waals surface area contributed by atoms with Gasteiger partial charge in [-0.1, -0.05) is 31.2 Å². The van der Waals surface area contributed by atoms with Gasteiger partial charge in [-0.25, -0.2) is 0 Å². The monoisotopic (exact) mass is 234 g/mol. The molecular weight excluding hydrogens is 212 g/mol. The highest BCUT2D eigenvalue weighted by molar-refractivity contribution is 5.78. The highest BCUT2D eigenvalue weighted by Gasteiger charge is 2.02. The molecule has 0 aliphatic heterocycles. The fourth-order valence-corrected chi connectivity index (χ4v) is 1.63. The maximum atomic E-state index is 11.6. The van der Waals surface area contributed by atoms with Crippen molar-refractivity contribution in [2.45, 2.75) is 26.2 Å². The molecule has 0 aromatic heterocycles. The average molecular weight is 234 g/mol. The predicted molar refractivity (Wildman–Crippen MR) is 71.1 cm³/mol. The minimum Gasteiger partial charge on any atom is -0.356 e. The van der Waals surface area contributed by atoms with Gasteiger partial charge in [-0.05, 0) is 37.6 Å². The summed E-state index contributed by atoms with van der Waals surface area (Å²) in [6.45, 7) is 3.81. The molecule has 3 nitrogen and oxygen atoms in total. The van der Waals surface area contributed by atoms with Crippen LogP contribution in [0.2, 0.25) is 0 Å². The second-order valence-electron chi connectivity index (χ2n) is 4.15. The topological polar surface area (TPSA) is 41.1 Å². The van der Waals surface area contributed by atoms with E-state index in [1.165, 1.54) is 5.56 Å². The van der Waals surface area contributed by atoms with Crippen LogP contribution in [0.3, 0.4) is 0 Å². The first-order valence-corrected chi connectivity index (χ1v) is 6.25. The summed E-state index contributed by atoms with van der Waals surface area (Å²) in [6.07, 6.45) is 2.48. The van der Waals surface area contributed by atoms with Gasteiger partial charge in [0.25, 0.3) is 0 Å². The van der Waals surface area contributed by atoms with Crippen LogP contribution in [-0.4, -0.2) is 26.0 Å². The van der Waals surface area contributed by atoms with Gasteiger partial charge in [-0.2, -0.15) is 0 Å². The van der Waals surface area contributed by atoms with Crippen molar-refractivity contribution in [2.75, 3.05) is 20.1 Å². The summed E-state index contributed by atoms with van der Waals surface area (Å²) < 4.78 is 0. The van der Waals surface area contributed by atoms with Crippen LogP contribution in [0.1, 0.15) is 24.5 Å². The van der Waals surface area contributed by atoms with E-state index in [-0.39, 0.29) is 5.91 Å². The van der Waals surface area contributed by atoms with Crippen molar-refractivity contribution in [1.29, 1.82) is 0 Å². The van der Waals surface area contributed by atoms with Crippen LogP contribution in [0.4, 0.5) is 0 Å². The Morgan fingerprint density at radius 2 is 1.76 bits per heavy atom. The van der Waals surface area contributed by atoms with Gasteiger partial charge in [-0.15, -0.1) is 0 Å². The van der Waals surface area contributed by atoms with Crippen molar-refractivity contribution in [3.63, 3.8) is 0 Å². The lowest BCUT2D eigenvalue weighted by molar-refractivity contribution is -0.120. The van der Waals surface area contributed by atoms with Gasteiger partial charge < -0.3 is 10.6 Å². The molecule has 0 aliphatic carbocycles. The fourth-order valence-electron chi connectivity index (χ4n) is 1.63. The molecule has 0 bridgehead atoms. The molecule has 17 heavy (non-hydrogen) atoms. The molecule has 2 N–H and O–H groups in total. The predicted octanol–water partition coefficient (Wildman–Crippen LogP) is 1.52. The Labute approximate surface area is 104 Å². The zero-order chi connectivity index (χ0) is 12.5. The largest absolute Gasteiger partial charge is 0.356 e. The lowest BCUT2D eigenvalue weighted by atomic mass is 10.1. The van der Waals surface area contributed by atoms with Crippen molar-refractivity contribution < 1.29 is 4.79 Å². The zero-order valence-corrected chi connectivity index (χ0v) is 10.8. The number of hydrogen-bond donors (Lipinski definition) is 2. The van der Waals surface area contributed by atoms with E-state index in [2.05, 4.69) is 29.7 Å². The molecule has 0 atom stereocenters. The van der Waals surface area contributed by atoms with Crippen LogP contribution >= 0.6 is 0 Å². The van der Waals surface area contributed by atoms with Gasteiger partial charge in [0.15, 0.2) is 0 Å². The van der Waals surface area contributed by atoms with E-state index < -0.39 is 0 Å². The molecule has 3 heteroatoms. The van der Waals surface area contributed by atoms with Gasteiger partial charge in [0.1, 0.15) is 0 Å². The molecule has 0 unspecified atom stereocenters. The van der Waals surface area contributed by atoms with Crippen molar-refractivity contribution in [1.82, 2.24) is 10.6 Å². The Morgan fingerprint density at radius 3 is 2.35 bits per heavy atom. The van der Waals surface area contributed by atoms with E-state index in [0.717, 1.165) is 31.5 Å². The molecule has 0 radical (unpaired) electrons. The molecule has 1 aromatic rings. The Hall–Kier alpha value is -1.35. The molecular formula is C14H22N2O. The maximum Gasteiger partial charge on any atom is 0.224 e. The van der Waals surface area contributed by atoms with Gasteiger partial charge >= 0.3 is 0 Å². The second kappa shape index (κ2) is 7.85. The summed E-state index contributed by atoms with van der Waals surface area (Å²) in [6, 6.07) is 8.24. The highest BCUT2D eigenvalue weighted by atomic mass is 16.1. The minimum absolute atomic E-state index is 0.102. The summed E-state index contributed by atoms with van der Waals surface area (Å²) in [4.78, 5) is 11.6. The third-order valence-corrected chi connectivity index (χ3v) is 2.72. The number of carbonyl (C=O) groups is 1. The maximum absolute atomic E-state index is 11.6. The van der Waals surface area contributed by atoms with Gasteiger partial charge in [0.05, 0.1) is 6.42 Å². The van der Waals surface area contributed by atoms with E-state index in [9.17, 15) is 4.79 Å². The summed E-state index contributed by atoms with van der Waals surface area (Å²) in [5.74, 6) is 0.102. The lowest BCUT2D eigenvalue weighted by Crippen LogP contribution is -2.27. The zero-order valence-electron chi connectivity index (χ0n) is 10.8. The van der Waals surface area contributed by atoms with Gasteiger partial charge in [-0.3, -0.25) is 4.79 Å². The summed E-state index contributed by atoms with van der Waals surface area (Å²) in [7, 11) is 1.91. The molecule has 1 amide bonds. The van der Waals surface area contributed by atoms with E-state index in [1.807, 2.05) is 19.2 Å². The van der Waals surface area contributed by atoms with Crippen LogP contribution in [0, 0.1) is 0 Å². The molecule has 0 heterocycles. The van der Waals surface area contributed by atoms with Gasteiger partial charge in [0.2, 0.25) is 5.91 Å². The number of hydrogen-bond acceptors (Lipinski definition) is 2. The Bertz CT molecular complexity index is 333. The highest BCUT2D eigenvalue weighted by Crippen LogP contribution is 2.05. The number of rotatable bonds is 7. The summed E-state index contributed by atoms with van der Waals surface area (Å²) in [5, 5.41) is 5.97. The summed E-state index contributed by atoms with van der Waals surface area (Å²) in [5.41, 5.74) is 2.39. The van der Waals surface area contributed by atoms with E-state index in [1.54, 1.807) is 0 Å². The smallest absolute Gasteiger partial charge is 0.224 e. The summed E-state index contributed by atoms with van der Waals surface area (Å²) >= 11 is 0. The number of amides is 1. The van der Waals surface area contributed by atoms with Crippen molar-refractivity contribution >= 4 is 5.91 Å². The first-order chi connectivity index (χ1) is 8.26. The number of carbonyl (C=O) groups excluding carboxylic acids is 1. The minimum atomic E-state index is 0.102. The molecule has 94 valence electrons. The molecule has 0 saturated heterocycles. The van der Waals surface area contributed by atoms with E-state index in [4.69, 9.17) is 0 Å². The number of aryl methyl sites for hydroxylation is 1. The lowest BCUT2D eigenvalue weighted by Gasteiger charge is -2.05. The van der Waals surface area contributed by atoms with Crippen LogP contribution in [0.5, 0.6) is 0 Å². The Morgan fingerprint density at radius 1 is 1.12 bits per heavy atom. The molecule has 1 aromatic carbocycles. The SMILES string of the molecule is CCc1ccc(CC(=O)NCCCNC)cc1. The molecule has 0 aliphatic rings. The second-order valence-corrected chi connectivity index (χ2v) is 4.15. The van der Waals surface area contributed by atoms with Crippen molar-refractivity contribution in [3.05, 3.63) is 35.4 Å². The number of nitrogens with one attached hydrogen (secondary N) is 2. The van der Waals surface area contributed by atoms with Crippen LogP contribution in [0.15, 0.2) is 24.3 Å². The van der Waals surface area contributed by atoms with Crippen LogP contribution in [0.25, 0.3) is 0 Å². The van der Waals surface area contributed by atoms with E-state index in [0.29, 0.717) is 6.42 Å². The van der Waals surface area contributed by atoms with E-state index >= 15 is 0 Å². The molecule has 0 saturated carbocycles. The average Bonchev–Trinajstić information content (AvgIpc) is 2.36. The van der Waals surface area contributed by atoms with Crippen LogP contribution in [-0.2, 0) is 17.6 Å². The normalized spacial score (nSPS) is 10.2. The first-order valence-electron chi connectivity index (χ1n) is 6.25. The third-order valence-electron chi connectivity index (χ3n) is 2.72. The standard InChI is InChI=1S/C14H22N2O/c1-3-12-5-7-13(8-6-12)11-14(17)16-10-4-9-15-2/h5-8,15H,3-4,9-11H2,1-2H3,(H,16,17). The Kier molecular flexibility index (Phi) is 6.33. The third kappa shape index (κ3) is 5.50. The van der Waals surface area contributed by atoms with Gasteiger partial charge in [0, 0.05) is 6.54 Å². The molecule has 1 rings (SSSR count). The Balaban J connectivity index is 2.29. The van der Waals surface area contributed by atoms with Crippen molar-refractivity contribution in [2.24, 2.45) is 0 Å².